The molecule has 0 bridgehead atoms. The third-order valence-electron chi connectivity index (χ3n) is 4.61. The first-order valence-corrected chi connectivity index (χ1v) is 8.22. The van der Waals surface area contributed by atoms with Gasteiger partial charge in [0.05, 0.1) is 5.52 Å². The summed E-state index contributed by atoms with van der Waals surface area (Å²) in [6.45, 7) is 1.86. The molecule has 0 aromatic carbocycles. The first-order valence-electron chi connectivity index (χ1n) is 8.22. The maximum Gasteiger partial charge on any atom is 0.248 e. The summed E-state index contributed by atoms with van der Waals surface area (Å²) in [5.74, 6) is 0.702. The van der Waals surface area contributed by atoms with E-state index in [-0.39, 0.29) is 12.5 Å². The summed E-state index contributed by atoms with van der Waals surface area (Å²) in [6, 6.07) is 4.06. The molecule has 3 heterocycles. The number of carbonyl (C=O) groups excluding carboxylic acids is 1. The first-order chi connectivity index (χ1) is 11.3. The van der Waals surface area contributed by atoms with Gasteiger partial charge in [0.25, 0.3) is 0 Å². The molecule has 1 atom stereocenters. The van der Waals surface area contributed by atoms with Crippen LogP contribution in [0.4, 0.5) is 0 Å². The molecule has 1 saturated heterocycles. The van der Waals surface area contributed by atoms with Crippen LogP contribution in [0.3, 0.4) is 0 Å². The number of carbonyl (C=O) groups is 1. The van der Waals surface area contributed by atoms with Crippen LogP contribution in [-0.2, 0) is 16.0 Å². The topological polar surface area (TPSA) is 55.3 Å². The molecule has 0 unspecified atom stereocenters. The molecule has 0 aliphatic carbocycles. The molecule has 0 saturated carbocycles. The summed E-state index contributed by atoms with van der Waals surface area (Å²) in [6.07, 6.45) is 9.84. The Morgan fingerprint density at radius 3 is 3.09 bits per heavy atom. The van der Waals surface area contributed by atoms with E-state index in [1.165, 1.54) is 5.56 Å². The Bertz CT molecular complexity index is 669. The molecule has 3 rings (SSSR count). The van der Waals surface area contributed by atoms with Crippen LogP contribution >= 0.6 is 0 Å². The number of nitrogens with zero attached hydrogens (tertiary/aromatic N) is 3. The zero-order valence-electron chi connectivity index (χ0n) is 13.6. The highest BCUT2D eigenvalue weighted by molar-refractivity contribution is 5.80. The standard InChI is InChI=1S/C18H23N3O2/c1-23-13-18(22)21-9-2-3-14(6-10-21)11-15-4-8-20-17-5-7-19-12-16(15)17/h4-5,7-8,12,14H,2-3,6,9-11,13H2,1H3/t14-/m0/s1. The Balaban J connectivity index is 1.67. The van der Waals surface area contributed by atoms with Gasteiger partial charge in [-0.05, 0) is 49.3 Å². The number of methoxy groups -OCH3 is 1. The van der Waals surface area contributed by atoms with E-state index in [1.807, 2.05) is 23.4 Å². The van der Waals surface area contributed by atoms with Gasteiger partial charge in [-0.1, -0.05) is 0 Å². The number of rotatable bonds is 4. The van der Waals surface area contributed by atoms with Crippen molar-refractivity contribution in [2.75, 3.05) is 26.8 Å². The molecule has 1 amide bonds. The van der Waals surface area contributed by atoms with Crippen molar-refractivity contribution in [2.45, 2.75) is 25.7 Å². The van der Waals surface area contributed by atoms with Crippen LogP contribution in [0.15, 0.2) is 30.7 Å². The molecule has 2 aromatic rings. The van der Waals surface area contributed by atoms with Crippen molar-refractivity contribution < 1.29 is 9.53 Å². The summed E-state index contributed by atoms with van der Waals surface area (Å²) in [5, 5.41) is 1.14. The maximum absolute atomic E-state index is 12.0. The Hall–Kier alpha value is -2.01. The van der Waals surface area contributed by atoms with E-state index in [2.05, 4.69) is 16.0 Å². The van der Waals surface area contributed by atoms with Crippen molar-refractivity contribution in [3.63, 3.8) is 0 Å². The second kappa shape index (κ2) is 7.51. The minimum Gasteiger partial charge on any atom is -0.375 e. The van der Waals surface area contributed by atoms with Crippen molar-refractivity contribution >= 4 is 16.8 Å². The lowest BCUT2D eigenvalue weighted by atomic mass is 9.92. The van der Waals surface area contributed by atoms with Crippen molar-refractivity contribution in [3.8, 4) is 0 Å². The first kappa shape index (κ1) is 15.9. The van der Waals surface area contributed by atoms with E-state index in [0.717, 1.165) is 49.7 Å². The van der Waals surface area contributed by atoms with Crippen LogP contribution in [0.5, 0.6) is 0 Å². The van der Waals surface area contributed by atoms with Gasteiger partial charge >= 0.3 is 0 Å². The molecule has 23 heavy (non-hydrogen) atoms. The predicted octanol–water partition coefficient (Wildman–Crippen LogP) is 2.45. The normalized spacial score (nSPS) is 18.8. The average molecular weight is 313 g/mol. The Morgan fingerprint density at radius 2 is 2.22 bits per heavy atom. The van der Waals surface area contributed by atoms with Crippen molar-refractivity contribution in [1.29, 1.82) is 0 Å². The lowest BCUT2D eigenvalue weighted by Gasteiger charge is -2.20. The minimum absolute atomic E-state index is 0.103. The van der Waals surface area contributed by atoms with Gasteiger partial charge in [0.1, 0.15) is 6.61 Å². The molecule has 122 valence electrons. The predicted molar refractivity (Wildman–Crippen MR) is 89.0 cm³/mol. The van der Waals surface area contributed by atoms with E-state index >= 15 is 0 Å². The van der Waals surface area contributed by atoms with Gasteiger partial charge in [-0.25, -0.2) is 0 Å². The minimum atomic E-state index is 0.103. The molecule has 5 heteroatoms. The third-order valence-corrected chi connectivity index (χ3v) is 4.61. The van der Waals surface area contributed by atoms with Crippen LogP contribution in [0.2, 0.25) is 0 Å². The van der Waals surface area contributed by atoms with E-state index in [1.54, 1.807) is 13.3 Å². The number of hydrogen-bond acceptors (Lipinski definition) is 4. The van der Waals surface area contributed by atoms with Gasteiger partial charge in [-0.15, -0.1) is 0 Å². The van der Waals surface area contributed by atoms with E-state index in [9.17, 15) is 4.79 Å². The van der Waals surface area contributed by atoms with Crippen molar-refractivity contribution in [3.05, 3.63) is 36.3 Å². The van der Waals surface area contributed by atoms with Gasteiger partial charge < -0.3 is 9.64 Å². The second-order valence-electron chi connectivity index (χ2n) is 6.18. The van der Waals surface area contributed by atoms with Gasteiger partial charge in [0.15, 0.2) is 0 Å². The van der Waals surface area contributed by atoms with Crippen LogP contribution in [0.25, 0.3) is 10.9 Å². The smallest absolute Gasteiger partial charge is 0.248 e. The molecule has 1 fully saturated rings. The van der Waals surface area contributed by atoms with Gasteiger partial charge in [-0.2, -0.15) is 0 Å². The fourth-order valence-electron chi connectivity index (χ4n) is 3.37. The van der Waals surface area contributed by atoms with E-state index in [0.29, 0.717) is 5.92 Å². The molecule has 1 aliphatic rings. The van der Waals surface area contributed by atoms with Crippen LogP contribution in [0.1, 0.15) is 24.8 Å². The molecule has 0 spiro atoms. The van der Waals surface area contributed by atoms with Gasteiger partial charge in [-0.3, -0.25) is 14.8 Å². The van der Waals surface area contributed by atoms with Crippen molar-refractivity contribution in [2.24, 2.45) is 5.92 Å². The quantitative estimate of drug-likeness (QED) is 0.870. The maximum atomic E-state index is 12.0. The van der Waals surface area contributed by atoms with E-state index < -0.39 is 0 Å². The highest BCUT2D eigenvalue weighted by Crippen LogP contribution is 2.25. The highest BCUT2D eigenvalue weighted by Gasteiger charge is 2.21. The lowest BCUT2D eigenvalue weighted by Crippen LogP contribution is -2.34. The number of pyridine rings is 2. The number of fused-ring (bicyclic) bond motifs is 1. The second-order valence-corrected chi connectivity index (χ2v) is 6.18. The molecule has 2 aromatic heterocycles. The molecule has 5 nitrogen and oxygen atoms in total. The van der Waals surface area contributed by atoms with E-state index in [4.69, 9.17) is 4.74 Å². The Morgan fingerprint density at radius 1 is 1.30 bits per heavy atom. The molecule has 0 N–H and O–H groups in total. The fourth-order valence-corrected chi connectivity index (χ4v) is 3.37. The van der Waals surface area contributed by atoms with Crippen LogP contribution in [-0.4, -0.2) is 47.6 Å². The summed E-state index contributed by atoms with van der Waals surface area (Å²) < 4.78 is 4.96. The fraction of sp³-hybridized carbons (Fsp3) is 0.500. The number of aromatic nitrogens is 2. The summed E-state index contributed by atoms with van der Waals surface area (Å²) in [4.78, 5) is 22.6. The number of hydrogen-bond donors (Lipinski definition) is 0. The monoisotopic (exact) mass is 313 g/mol. The van der Waals surface area contributed by atoms with Gasteiger partial charge in [0, 0.05) is 44.2 Å². The zero-order valence-corrected chi connectivity index (χ0v) is 13.6. The number of likely N-dealkylation sites (tertiary alicyclic amines) is 1. The van der Waals surface area contributed by atoms with Crippen molar-refractivity contribution in [1.82, 2.24) is 14.9 Å². The van der Waals surface area contributed by atoms with Crippen LogP contribution < -0.4 is 0 Å². The lowest BCUT2D eigenvalue weighted by molar-refractivity contribution is -0.135. The molecular weight excluding hydrogens is 290 g/mol. The Kier molecular flexibility index (Phi) is 5.18. The summed E-state index contributed by atoms with van der Waals surface area (Å²) in [5.41, 5.74) is 2.31. The number of ether oxygens (including phenoxy) is 1. The summed E-state index contributed by atoms with van der Waals surface area (Å²) >= 11 is 0. The molecule has 1 aliphatic heterocycles. The molecule has 0 radical (unpaired) electrons. The Labute approximate surface area is 136 Å². The third kappa shape index (κ3) is 3.85. The molecular formula is C18H23N3O2. The van der Waals surface area contributed by atoms with Crippen LogP contribution in [0, 0.1) is 5.92 Å². The SMILES string of the molecule is COCC(=O)N1CCC[C@H](Cc2ccnc3ccncc23)CC1. The highest BCUT2D eigenvalue weighted by atomic mass is 16.5. The number of amides is 1. The zero-order chi connectivity index (χ0) is 16.1. The largest absolute Gasteiger partial charge is 0.375 e. The average Bonchev–Trinajstić information content (AvgIpc) is 2.81. The summed E-state index contributed by atoms with van der Waals surface area (Å²) in [7, 11) is 1.57. The van der Waals surface area contributed by atoms with Gasteiger partial charge in [0.2, 0.25) is 5.91 Å².